The van der Waals surface area contributed by atoms with E-state index < -0.39 is 6.03 Å². The minimum atomic E-state index is -0.682. The van der Waals surface area contributed by atoms with E-state index in [-0.39, 0.29) is 5.11 Å². The van der Waals surface area contributed by atoms with Crippen LogP contribution in [-0.4, -0.2) is 11.1 Å². The average Bonchev–Trinajstić information content (AvgIpc) is 2.04. The Hall–Kier alpha value is -1.62. The monoisotopic (exact) mass is 195 g/mol. The van der Waals surface area contributed by atoms with E-state index in [9.17, 15) is 4.79 Å². The van der Waals surface area contributed by atoms with Crippen molar-refractivity contribution in [3.8, 4) is 0 Å². The van der Waals surface area contributed by atoms with Crippen molar-refractivity contribution in [1.82, 2.24) is 0 Å². The van der Waals surface area contributed by atoms with Gasteiger partial charge in [0.05, 0.1) is 5.69 Å². The van der Waals surface area contributed by atoms with Gasteiger partial charge >= 0.3 is 6.03 Å². The summed E-state index contributed by atoms with van der Waals surface area (Å²) >= 11 is 4.68. The summed E-state index contributed by atoms with van der Waals surface area (Å²) in [6, 6.07) is 8.07. The third-order valence-corrected chi connectivity index (χ3v) is 1.64. The van der Waals surface area contributed by atoms with Gasteiger partial charge in [-0.3, -0.25) is 0 Å². The molecular formula is C8H9N3OS. The summed E-state index contributed by atoms with van der Waals surface area (Å²) in [4.78, 5) is 12.0. The number of para-hydroxylation sites is 1. The molecule has 1 aromatic carbocycles. The zero-order valence-corrected chi connectivity index (χ0v) is 7.62. The molecule has 4 nitrogen and oxygen atoms in total. The number of hydrogen-bond donors (Lipinski definition) is 2. The normalized spacial score (nSPS) is 9.23. The highest BCUT2D eigenvalue weighted by Crippen LogP contribution is 2.12. The molecule has 68 valence electrons. The lowest BCUT2D eigenvalue weighted by molar-refractivity contribution is 0.256. The van der Waals surface area contributed by atoms with Crippen LogP contribution < -0.4 is 16.4 Å². The maximum absolute atomic E-state index is 10.9. The van der Waals surface area contributed by atoms with Gasteiger partial charge in [0.15, 0.2) is 5.11 Å². The Morgan fingerprint density at radius 3 is 2.15 bits per heavy atom. The van der Waals surface area contributed by atoms with Gasteiger partial charge < -0.3 is 11.5 Å². The number of rotatable bonds is 1. The highest BCUT2D eigenvalue weighted by molar-refractivity contribution is 7.80. The number of urea groups is 1. The number of hydrogen-bond acceptors (Lipinski definition) is 2. The van der Waals surface area contributed by atoms with Crippen LogP contribution in [0, 0.1) is 0 Å². The zero-order chi connectivity index (χ0) is 9.84. The van der Waals surface area contributed by atoms with Crippen LogP contribution in [0.1, 0.15) is 0 Å². The smallest absolute Gasteiger partial charge is 0.325 e. The molecule has 0 bridgehead atoms. The fraction of sp³-hybridized carbons (Fsp3) is 0. The molecule has 1 rings (SSSR count). The Labute approximate surface area is 81.1 Å². The minimum Gasteiger partial charge on any atom is -0.375 e. The topological polar surface area (TPSA) is 72.4 Å². The second-order valence-corrected chi connectivity index (χ2v) is 2.77. The van der Waals surface area contributed by atoms with Gasteiger partial charge in [-0.05, 0) is 24.4 Å². The van der Waals surface area contributed by atoms with Gasteiger partial charge in [-0.2, -0.15) is 0 Å². The molecule has 0 aliphatic rings. The molecule has 0 aliphatic heterocycles. The standard InChI is InChI=1S/C8H9N3OS/c9-7(12)11(8(10)13)6-4-2-1-3-5-6/h1-5H,(H2,9,12)(H2,10,13). The molecule has 0 fully saturated rings. The van der Waals surface area contributed by atoms with E-state index in [0.717, 1.165) is 4.90 Å². The van der Waals surface area contributed by atoms with Crippen molar-refractivity contribution in [2.45, 2.75) is 0 Å². The summed E-state index contributed by atoms with van der Waals surface area (Å²) in [5.41, 5.74) is 11.0. The Balaban J connectivity index is 3.03. The quantitative estimate of drug-likeness (QED) is 0.651. The molecule has 0 aliphatic carbocycles. The fourth-order valence-corrected chi connectivity index (χ4v) is 1.14. The van der Waals surface area contributed by atoms with Crippen molar-refractivity contribution < 1.29 is 4.79 Å². The predicted octanol–water partition coefficient (Wildman–Crippen LogP) is 0.815. The molecule has 13 heavy (non-hydrogen) atoms. The number of amides is 2. The van der Waals surface area contributed by atoms with Crippen molar-refractivity contribution in [2.75, 3.05) is 4.90 Å². The van der Waals surface area contributed by atoms with E-state index in [1.54, 1.807) is 24.3 Å². The van der Waals surface area contributed by atoms with Crippen LogP contribution >= 0.6 is 12.2 Å². The summed E-state index contributed by atoms with van der Waals surface area (Å²) in [7, 11) is 0. The molecule has 0 radical (unpaired) electrons. The molecule has 2 amide bonds. The number of carbonyl (C=O) groups is 1. The third kappa shape index (κ3) is 2.16. The molecule has 0 saturated carbocycles. The summed E-state index contributed by atoms with van der Waals surface area (Å²) in [5, 5.41) is -0.0568. The SMILES string of the molecule is NC(=O)N(C(N)=S)c1ccccc1. The highest BCUT2D eigenvalue weighted by atomic mass is 32.1. The minimum absolute atomic E-state index is 0.0568. The molecule has 0 unspecified atom stereocenters. The van der Waals surface area contributed by atoms with Gasteiger partial charge in [-0.25, -0.2) is 9.69 Å². The Kier molecular flexibility index (Phi) is 2.81. The largest absolute Gasteiger partial charge is 0.375 e. The third-order valence-electron chi connectivity index (χ3n) is 1.46. The Morgan fingerprint density at radius 2 is 1.77 bits per heavy atom. The predicted molar refractivity (Wildman–Crippen MR) is 55.3 cm³/mol. The maximum atomic E-state index is 10.9. The zero-order valence-electron chi connectivity index (χ0n) is 6.81. The van der Waals surface area contributed by atoms with Gasteiger partial charge in [0, 0.05) is 0 Å². The number of thiocarbonyl (C=S) groups is 1. The van der Waals surface area contributed by atoms with Gasteiger partial charge in [0.2, 0.25) is 0 Å². The lowest BCUT2D eigenvalue weighted by Crippen LogP contribution is -2.43. The van der Waals surface area contributed by atoms with Gasteiger partial charge in [0.25, 0.3) is 0 Å². The van der Waals surface area contributed by atoms with E-state index in [4.69, 9.17) is 11.5 Å². The van der Waals surface area contributed by atoms with Crippen LogP contribution in [0.3, 0.4) is 0 Å². The van der Waals surface area contributed by atoms with Gasteiger partial charge in [0.1, 0.15) is 0 Å². The van der Waals surface area contributed by atoms with Crippen molar-refractivity contribution in [2.24, 2.45) is 11.5 Å². The molecule has 0 aromatic heterocycles. The first-order valence-electron chi connectivity index (χ1n) is 3.57. The van der Waals surface area contributed by atoms with Crippen LogP contribution in [0.15, 0.2) is 30.3 Å². The van der Waals surface area contributed by atoms with E-state index in [0.29, 0.717) is 5.69 Å². The van der Waals surface area contributed by atoms with E-state index in [1.807, 2.05) is 6.07 Å². The van der Waals surface area contributed by atoms with Crippen LogP contribution in [-0.2, 0) is 0 Å². The van der Waals surface area contributed by atoms with Crippen molar-refractivity contribution in [3.05, 3.63) is 30.3 Å². The number of benzene rings is 1. The van der Waals surface area contributed by atoms with Crippen molar-refractivity contribution in [1.29, 1.82) is 0 Å². The molecule has 0 spiro atoms. The highest BCUT2D eigenvalue weighted by Gasteiger charge is 2.13. The van der Waals surface area contributed by atoms with Gasteiger partial charge in [-0.1, -0.05) is 18.2 Å². The maximum Gasteiger partial charge on any atom is 0.325 e. The first-order chi connectivity index (χ1) is 6.13. The first kappa shape index (κ1) is 9.47. The van der Waals surface area contributed by atoms with Crippen LogP contribution in [0.25, 0.3) is 0 Å². The van der Waals surface area contributed by atoms with E-state index >= 15 is 0 Å². The van der Waals surface area contributed by atoms with E-state index in [2.05, 4.69) is 12.2 Å². The fourth-order valence-electron chi connectivity index (χ4n) is 0.940. The number of anilines is 1. The Bertz CT molecular complexity index is 311. The van der Waals surface area contributed by atoms with Gasteiger partial charge in [-0.15, -0.1) is 0 Å². The lowest BCUT2D eigenvalue weighted by Gasteiger charge is -2.17. The number of carbonyl (C=O) groups excluding carboxylic acids is 1. The molecule has 4 N–H and O–H groups in total. The molecule has 0 saturated heterocycles. The van der Waals surface area contributed by atoms with Crippen molar-refractivity contribution in [3.63, 3.8) is 0 Å². The summed E-state index contributed by atoms with van der Waals surface area (Å²) in [6.45, 7) is 0. The van der Waals surface area contributed by atoms with Crippen LogP contribution in [0.2, 0.25) is 0 Å². The molecule has 0 atom stereocenters. The second kappa shape index (κ2) is 3.86. The van der Waals surface area contributed by atoms with Crippen LogP contribution in [0.4, 0.5) is 10.5 Å². The molecule has 1 aromatic rings. The number of nitrogens with two attached hydrogens (primary N) is 2. The molecule has 0 heterocycles. The summed E-state index contributed by atoms with van der Waals surface area (Å²) < 4.78 is 0. The Morgan fingerprint density at radius 1 is 1.23 bits per heavy atom. The molecular weight excluding hydrogens is 186 g/mol. The summed E-state index contributed by atoms with van der Waals surface area (Å²) in [6.07, 6.45) is 0. The first-order valence-corrected chi connectivity index (χ1v) is 3.98. The number of primary amides is 1. The number of nitrogens with zero attached hydrogens (tertiary/aromatic N) is 1. The summed E-state index contributed by atoms with van der Waals surface area (Å²) in [5.74, 6) is 0. The lowest BCUT2D eigenvalue weighted by atomic mass is 10.3. The second-order valence-electron chi connectivity index (χ2n) is 2.35. The van der Waals surface area contributed by atoms with Crippen LogP contribution in [0.5, 0.6) is 0 Å². The average molecular weight is 195 g/mol. The molecule has 5 heteroatoms. The van der Waals surface area contributed by atoms with Crippen molar-refractivity contribution >= 4 is 29.0 Å². The van der Waals surface area contributed by atoms with E-state index in [1.165, 1.54) is 0 Å².